The second-order valence-electron chi connectivity index (χ2n) is 5.09. The molecule has 2 heterocycles. The van der Waals surface area contributed by atoms with Crippen molar-refractivity contribution in [1.29, 1.82) is 0 Å². The Kier molecular flexibility index (Phi) is 2.97. The fourth-order valence-electron chi connectivity index (χ4n) is 2.49. The third-order valence-electron chi connectivity index (χ3n) is 3.67. The minimum Gasteiger partial charge on any atom is -0.481 e. The second-order valence-corrected chi connectivity index (χ2v) is 5.09. The number of aromatic nitrogens is 2. The van der Waals surface area contributed by atoms with Crippen LogP contribution in [-0.2, 0) is 6.42 Å². The highest BCUT2D eigenvalue weighted by Crippen LogP contribution is 2.43. The van der Waals surface area contributed by atoms with Gasteiger partial charge in [0.25, 0.3) is 0 Å². The van der Waals surface area contributed by atoms with Crippen molar-refractivity contribution in [3.05, 3.63) is 17.6 Å². The summed E-state index contributed by atoms with van der Waals surface area (Å²) in [6.07, 6.45) is 6.68. The standard InChI is InChI=1S/C13H19N3O/c1-17-13-11(10-2-3-10)8-15-12(16-13)6-9-4-5-14-7-9/h8-10,14H,2-7H2,1H3/t9-/m0/s1. The van der Waals surface area contributed by atoms with Gasteiger partial charge >= 0.3 is 0 Å². The average molecular weight is 233 g/mol. The van der Waals surface area contributed by atoms with Gasteiger partial charge in [-0.3, -0.25) is 0 Å². The highest BCUT2D eigenvalue weighted by molar-refractivity contribution is 5.31. The van der Waals surface area contributed by atoms with Gasteiger partial charge in [0.05, 0.1) is 7.11 Å². The van der Waals surface area contributed by atoms with E-state index in [9.17, 15) is 0 Å². The molecule has 0 radical (unpaired) electrons. The molecule has 2 aliphatic rings. The Morgan fingerprint density at radius 2 is 2.29 bits per heavy atom. The van der Waals surface area contributed by atoms with Crippen molar-refractivity contribution in [3.63, 3.8) is 0 Å². The lowest BCUT2D eigenvalue weighted by molar-refractivity contribution is 0.387. The van der Waals surface area contributed by atoms with Crippen molar-refractivity contribution in [2.45, 2.75) is 31.6 Å². The van der Waals surface area contributed by atoms with Gasteiger partial charge in [-0.25, -0.2) is 4.98 Å². The molecule has 1 saturated carbocycles. The van der Waals surface area contributed by atoms with Crippen LogP contribution in [0.25, 0.3) is 0 Å². The van der Waals surface area contributed by atoms with Gasteiger partial charge in [0.1, 0.15) is 5.82 Å². The van der Waals surface area contributed by atoms with E-state index in [0.29, 0.717) is 11.8 Å². The number of hydrogen-bond acceptors (Lipinski definition) is 4. The molecule has 4 heteroatoms. The van der Waals surface area contributed by atoms with Gasteiger partial charge in [-0.15, -0.1) is 0 Å². The van der Waals surface area contributed by atoms with Crippen LogP contribution in [0.2, 0.25) is 0 Å². The molecule has 92 valence electrons. The lowest BCUT2D eigenvalue weighted by Crippen LogP contribution is -2.12. The zero-order valence-electron chi connectivity index (χ0n) is 10.3. The van der Waals surface area contributed by atoms with E-state index in [2.05, 4.69) is 15.3 Å². The third kappa shape index (κ3) is 2.41. The van der Waals surface area contributed by atoms with E-state index in [1.165, 1.54) is 24.8 Å². The molecule has 0 aromatic carbocycles. The van der Waals surface area contributed by atoms with E-state index in [4.69, 9.17) is 4.74 Å². The Morgan fingerprint density at radius 1 is 1.41 bits per heavy atom. The van der Waals surface area contributed by atoms with Crippen molar-refractivity contribution >= 4 is 0 Å². The molecule has 1 N–H and O–H groups in total. The summed E-state index contributed by atoms with van der Waals surface area (Å²) in [6, 6.07) is 0. The predicted octanol–water partition coefficient (Wildman–Crippen LogP) is 1.51. The van der Waals surface area contributed by atoms with E-state index in [1.807, 2.05) is 6.20 Å². The zero-order valence-corrected chi connectivity index (χ0v) is 10.3. The van der Waals surface area contributed by atoms with Crippen molar-refractivity contribution in [1.82, 2.24) is 15.3 Å². The van der Waals surface area contributed by atoms with Crippen molar-refractivity contribution in [3.8, 4) is 5.88 Å². The SMILES string of the molecule is COc1nc(C[C@@H]2CCNC2)ncc1C1CC1. The number of rotatable bonds is 4. The summed E-state index contributed by atoms with van der Waals surface area (Å²) in [5, 5.41) is 3.37. The smallest absolute Gasteiger partial charge is 0.219 e. The molecular formula is C13H19N3O. The summed E-state index contributed by atoms with van der Waals surface area (Å²) in [5.41, 5.74) is 1.20. The molecule has 0 amide bonds. The fourth-order valence-corrected chi connectivity index (χ4v) is 2.49. The van der Waals surface area contributed by atoms with Crippen LogP contribution < -0.4 is 10.1 Å². The predicted molar refractivity (Wildman–Crippen MR) is 65.2 cm³/mol. The molecule has 1 saturated heterocycles. The van der Waals surface area contributed by atoms with Crippen LogP contribution in [0.15, 0.2) is 6.20 Å². The Hall–Kier alpha value is -1.16. The first-order chi connectivity index (χ1) is 8.36. The van der Waals surface area contributed by atoms with E-state index >= 15 is 0 Å². The van der Waals surface area contributed by atoms with Crippen LogP contribution in [0.1, 0.15) is 36.6 Å². The average Bonchev–Trinajstić information content (AvgIpc) is 3.08. The minimum absolute atomic E-state index is 0.646. The van der Waals surface area contributed by atoms with E-state index in [-0.39, 0.29) is 0 Å². The normalized spacial score (nSPS) is 23.9. The quantitative estimate of drug-likeness (QED) is 0.856. The Bertz CT molecular complexity index is 398. The van der Waals surface area contributed by atoms with Gasteiger partial charge in [-0.1, -0.05) is 0 Å². The lowest BCUT2D eigenvalue weighted by atomic mass is 10.0. The Balaban J connectivity index is 1.75. The Labute approximate surface area is 102 Å². The first kappa shape index (κ1) is 11.0. The van der Waals surface area contributed by atoms with Gasteiger partial charge in [0.2, 0.25) is 5.88 Å². The third-order valence-corrected chi connectivity index (χ3v) is 3.67. The second kappa shape index (κ2) is 4.61. The largest absolute Gasteiger partial charge is 0.481 e. The van der Waals surface area contributed by atoms with Gasteiger partial charge in [-0.2, -0.15) is 4.98 Å². The summed E-state index contributed by atoms with van der Waals surface area (Å²) in [5.74, 6) is 3.06. The fraction of sp³-hybridized carbons (Fsp3) is 0.692. The van der Waals surface area contributed by atoms with Gasteiger partial charge in [-0.05, 0) is 44.2 Å². The first-order valence-electron chi connectivity index (χ1n) is 6.47. The lowest BCUT2D eigenvalue weighted by Gasteiger charge is -2.10. The van der Waals surface area contributed by atoms with Crippen LogP contribution in [0.4, 0.5) is 0 Å². The first-order valence-corrected chi connectivity index (χ1v) is 6.47. The zero-order chi connectivity index (χ0) is 11.7. The molecule has 17 heavy (non-hydrogen) atoms. The van der Waals surface area contributed by atoms with Crippen molar-refractivity contribution in [2.24, 2.45) is 5.92 Å². The number of methoxy groups -OCH3 is 1. The molecule has 0 unspecified atom stereocenters. The van der Waals surface area contributed by atoms with E-state index in [1.54, 1.807) is 7.11 Å². The topological polar surface area (TPSA) is 47.0 Å². The summed E-state index contributed by atoms with van der Waals surface area (Å²) < 4.78 is 5.39. The molecule has 1 aromatic rings. The van der Waals surface area contributed by atoms with E-state index in [0.717, 1.165) is 31.2 Å². The van der Waals surface area contributed by atoms with Crippen LogP contribution in [0, 0.1) is 5.92 Å². The maximum absolute atomic E-state index is 5.39. The highest BCUT2D eigenvalue weighted by Gasteiger charge is 2.28. The molecule has 1 aliphatic heterocycles. The van der Waals surface area contributed by atoms with Crippen LogP contribution in [0.3, 0.4) is 0 Å². The van der Waals surface area contributed by atoms with Gasteiger partial charge < -0.3 is 10.1 Å². The molecular weight excluding hydrogens is 214 g/mol. The summed E-state index contributed by atoms with van der Waals surface area (Å²) in [4.78, 5) is 9.05. The summed E-state index contributed by atoms with van der Waals surface area (Å²) >= 11 is 0. The van der Waals surface area contributed by atoms with E-state index < -0.39 is 0 Å². The summed E-state index contributed by atoms with van der Waals surface area (Å²) in [7, 11) is 1.70. The number of nitrogens with zero attached hydrogens (tertiary/aromatic N) is 2. The molecule has 0 bridgehead atoms. The highest BCUT2D eigenvalue weighted by atomic mass is 16.5. The van der Waals surface area contributed by atoms with Gasteiger partial charge in [0.15, 0.2) is 0 Å². The number of nitrogens with one attached hydrogen (secondary N) is 1. The summed E-state index contributed by atoms with van der Waals surface area (Å²) in [6.45, 7) is 2.22. The van der Waals surface area contributed by atoms with Crippen LogP contribution in [-0.4, -0.2) is 30.2 Å². The van der Waals surface area contributed by atoms with Crippen LogP contribution >= 0.6 is 0 Å². The Morgan fingerprint density at radius 3 is 2.94 bits per heavy atom. The number of hydrogen-bond donors (Lipinski definition) is 1. The van der Waals surface area contributed by atoms with Crippen LogP contribution in [0.5, 0.6) is 5.88 Å². The molecule has 1 aromatic heterocycles. The monoisotopic (exact) mass is 233 g/mol. The molecule has 1 atom stereocenters. The van der Waals surface area contributed by atoms with Crippen molar-refractivity contribution in [2.75, 3.05) is 20.2 Å². The molecule has 2 fully saturated rings. The maximum atomic E-state index is 5.39. The van der Waals surface area contributed by atoms with Crippen molar-refractivity contribution < 1.29 is 4.74 Å². The molecule has 1 aliphatic carbocycles. The number of ether oxygens (including phenoxy) is 1. The molecule has 3 rings (SSSR count). The molecule has 0 spiro atoms. The molecule has 4 nitrogen and oxygen atoms in total. The van der Waals surface area contributed by atoms with Gasteiger partial charge in [0, 0.05) is 18.2 Å². The maximum Gasteiger partial charge on any atom is 0.219 e. The minimum atomic E-state index is 0.646.